The van der Waals surface area contributed by atoms with Gasteiger partial charge in [-0.3, -0.25) is 14.4 Å². The lowest BCUT2D eigenvalue weighted by Crippen LogP contribution is -2.30. The van der Waals surface area contributed by atoms with Crippen molar-refractivity contribution in [3.63, 3.8) is 0 Å². The molecule has 0 aromatic rings. The van der Waals surface area contributed by atoms with Crippen molar-refractivity contribution in [2.75, 3.05) is 13.2 Å². The Kier molecular flexibility index (Phi) is 51.1. The summed E-state index contributed by atoms with van der Waals surface area (Å²) in [4.78, 5) is 38.0. The van der Waals surface area contributed by atoms with Gasteiger partial charge in [-0.25, -0.2) is 0 Å². The molecule has 0 saturated carbocycles. The van der Waals surface area contributed by atoms with Gasteiger partial charge in [-0.1, -0.05) is 250 Å². The van der Waals surface area contributed by atoms with Crippen molar-refractivity contribution in [3.8, 4) is 0 Å². The van der Waals surface area contributed by atoms with Crippen LogP contribution in [0, 0.1) is 0 Å². The van der Waals surface area contributed by atoms with E-state index in [0.717, 1.165) is 83.5 Å². The van der Waals surface area contributed by atoms with E-state index in [4.69, 9.17) is 14.2 Å². The van der Waals surface area contributed by atoms with Crippen LogP contribution in [0.3, 0.4) is 0 Å². The Morgan fingerprint density at radius 2 is 0.662 bits per heavy atom. The van der Waals surface area contributed by atoms with Crippen molar-refractivity contribution >= 4 is 17.9 Å². The molecule has 0 heterocycles. The van der Waals surface area contributed by atoms with Gasteiger partial charge in [0, 0.05) is 19.3 Å². The smallest absolute Gasteiger partial charge is 0.306 e. The molecule has 0 rings (SSSR count). The van der Waals surface area contributed by atoms with E-state index < -0.39 is 6.10 Å². The summed E-state index contributed by atoms with van der Waals surface area (Å²) in [5, 5.41) is 0. The van der Waals surface area contributed by atoms with Crippen molar-refractivity contribution in [1.82, 2.24) is 0 Å². The second kappa shape index (κ2) is 54.9. The fraction of sp³-hybridized carbons (Fsp3) is 0.565. The molecule has 0 aromatic heterocycles. The number of carbonyl (C=O) groups excluding carboxylic acids is 3. The molecule has 1 unspecified atom stereocenters. The maximum atomic E-state index is 12.8. The van der Waals surface area contributed by atoms with E-state index in [9.17, 15) is 14.4 Å². The van der Waals surface area contributed by atoms with Crippen LogP contribution in [0.25, 0.3) is 0 Å². The van der Waals surface area contributed by atoms with Gasteiger partial charge in [0.05, 0.1) is 0 Å². The minimum atomic E-state index is -0.837. The molecule has 0 aliphatic rings. The minimum Gasteiger partial charge on any atom is -0.462 e. The van der Waals surface area contributed by atoms with Crippen LogP contribution in [-0.2, 0) is 28.6 Å². The summed E-state index contributed by atoms with van der Waals surface area (Å²) in [6.45, 7) is 6.34. The number of unbranched alkanes of at least 4 members (excludes halogenated alkanes) is 19. The normalized spacial score (nSPS) is 13.3. The van der Waals surface area contributed by atoms with E-state index >= 15 is 0 Å². The van der Waals surface area contributed by atoms with Crippen molar-refractivity contribution in [3.05, 3.63) is 146 Å². The first-order valence-corrected chi connectivity index (χ1v) is 27.0. The molecule has 1 atom stereocenters. The molecule has 6 nitrogen and oxygen atoms in total. The van der Waals surface area contributed by atoms with Crippen LogP contribution in [0.15, 0.2) is 146 Å². The molecular weight excluding hydrogens is 841 g/mol. The Labute approximate surface area is 417 Å². The lowest BCUT2D eigenvalue weighted by atomic mass is 10.1. The SMILES string of the molecule is CC\C=C/C=C\C=C/C=C\C=C\C=C/C=C\CCCCCC(=O)OCC(COC(=O)CC/C=C\C/C=C\CCCCCCCC)OC(=O)CCCCCCC\C=C/C=C\C=C/CCCCCCC. The minimum absolute atomic E-state index is 0.134. The average molecular weight is 937 g/mol. The average Bonchev–Trinajstić information content (AvgIpc) is 3.34. The van der Waals surface area contributed by atoms with Crippen LogP contribution in [-0.4, -0.2) is 37.2 Å². The first-order valence-electron chi connectivity index (χ1n) is 27.0. The van der Waals surface area contributed by atoms with Gasteiger partial charge in [0.15, 0.2) is 6.10 Å². The quantitative estimate of drug-likeness (QED) is 0.0199. The van der Waals surface area contributed by atoms with Crippen LogP contribution in [0.5, 0.6) is 0 Å². The monoisotopic (exact) mass is 937 g/mol. The zero-order valence-electron chi connectivity index (χ0n) is 43.3. The summed E-state index contributed by atoms with van der Waals surface area (Å²) in [7, 11) is 0. The Morgan fingerprint density at radius 3 is 1.12 bits per heavy atom. The number of ether oxygens (including phenoxy) is 3. The predicted octanol–water partition coefficient (Wildman–Crippen LogP) is 18.0. The number of hydrogen-bond donors (Lipinski definition) is 0. The second-order valence-electron chi connectivity index (χ2n) is 17.3. The van der Waals surface area contributed by atoms with Gasteiger partial charge in [0.1, 0.15) is 13.2 Å². The van der Waals surface area contributed by atoms with E-state index in [0.29, 0.717) is 12.8 Å². The molecule has 0 radical (unpaired) electrons. The van der Waals surface area contributed by atoms with E-state index in [1.165, 1.54) is 70.6 Å². The lowest BCUT2D eigenvalue weighted by Gasteiger charge is -2.18. The van der Waals surface area contributed by atoms with Gasteiger partial charge in [0.25, 0.3) is 0 Å². The predicted molar refractivity (Wildman–Crippen MR) is 292 cm³/mol. The third kappa shape index (κ3) is 52.3. The second-order valence-corrected chi connectivity index (χ2v) is 17.3. The zero-order valence-corrected chi connectivity index (χ0v) is 43.3. The Hall–Kier alpha value is -4.71. The van der Waals surface area contributed by atoms with Gasteiger partial charge in [0.2, 0.25) is 0 Å². The summed E-state index contributed by atoms with van der Waals surface area (Å²) in [6.07, 6.45) is 78.3. The van der Waals surface area contributed by atoms with Crippen molar-refractivity contribution in [2.24, 2.45) is 0 Å². The molecule has 0 bridgehead atoms. The maximum absolute atomic E-state index is 12.8. The highest BCUT2D eigenvalue weighted by molar-refractivity contribution is 5.71. The molecular formula is C62H96O6. The standard InChI is InChI=1S/C62H96O6/c1-4-7-10-13-16-19-22-25-27-29-31-33-34-37-40-43-46-49-52-55-61(64)67-58-59(57-66-60(63)54-51-48-45-42-39-36-24-21-18-15-12-9-6-3)68-62(65)56-53-50-47-44-41-38-35-32-30-28-26-23-20-17-14-11-8-5-2/h7,10,13,16,19,22-23,25-37,39-40,45,48,59H,4-6,8-9,11-12,14-15,17-18,20-21,24,38,41-44,46-47,49-58H2,1-3H3/b10-7-,16-13-,22-19-,26-23-,27-25-,30-28-,31-29+,34-33-,35-32-,39-36-,40-37-,48-45-. The van der Waals surface area contributed by atoms with E-state index in [-0.39, 0.29) is 50.4 Å². The van der Waals surface area contributed by atoms with Gasteiger partial charge in [-0.15, -0.1) is 0 Å². The largest absolute Gasteiger partial charge is 0.462 e. The van der Waals surface area contributed by atoms with Crippen molar-refractivity contribution < 1.29 is 28.6 Å². The fourth-order valence-electron chi connectivity index (χ4n) is 6.77. The van der Waals surface area contributed by atoms with E-state index in [2.05, 4.69) is 87.6 Å². The van der Waals surface area contributed by atoms with Gasteiger partial charge >= 0.3 is 17.9 Å². The highest BCUT2D eigenvalue weighted by atomic mass is 16.6. The van der Waals surface area contributed by atoms with Gasteiger partial charge in [-0.05, 0) is 83.5 Å². The molecule has 0 aliphatic heterocycles. The summed E-state index contributed by atoms with van der Waals surface area (Å²) in [5.41, 5.74) is 0. The van der Waals surface area contributed by atoms with Gasteiger partial charge < -0.3 is 14.2 Å². The molecule has 0 saturated heterocycles. The van der Waals surface area contributed by atoms with E-state index in [1.54, 1.807) is 0 Å². The summed E-state index contributed by atoms with van der Waals surface area (Å²) in [6, 6.07) is 0. The van der Waals surface area contributed by atoms with Crippen LogP contribution < -0.4 is 0 Å². The molecule has 0 N–H and O–H groups in total. The molecule has 0 aromatic carbocycles. The number of hydrogen-bond acceptors (Lipinski definition) is 6. The van der Waals surface area contributed by atoms with Gasteiger partial charge in [-0.2, -0.15) is 0 Å². The molecule has 0 aliphatic carbocycles. The lowest BCUT2D eigenvalue weighted by molar-refractivity contribution is -0.166. The van der Waals surface area contributed by atoms with Crippen LogP contribution in [0.1, 0.15) is 207 Å². The maximum Gasteiger partial charge on any atom is 0.306 e. The molecule has 6 heteroatoms. The Morgan fingerprint density at radius 1 is 0.324 bits per heavy atom. The third-order valence-corrected chi connectivity index (χ3v) is 10.8. The highest BCUT2D eigenvalue weighted by Gasteiger charge is 2.19. The third-order valence-electron chi connectivity index (χ3n) is 10.8. The summed E-state index contributed by atoms with van der Waals surface area (Å²) < 4.78 is 16.7. The molecule has 0 spiro atoms. The Bertz CT molecular complexity index is 1540. The first-order chi connectivity index (χ1) is 33.5. The Balaban J connectivity index is 4.62. The van der Waals surface area contributed by atoms with Crippen molar-refractivity contribution in [2.45, 2.75) is 213 Å². The highest BCUT2D eigenvalue weighted by Crippen LogP contribution is 2.12. The molecule has 68 heavy (non-hydrogen) atoms. The zero-order chi connectivity index (χ0) is 49.3. The molecule has 380 valence electrons. The van der Waals surface area contributed by atoms with Crippen molar-refractivity contribution in [1.29, 1.82) is 0 Å². The topological polar surface area (TPSA) is 78.9 Å². The first kappa shape index (κ1) is 63.3. The summed E-state index contributed by atoms with van der Waals surface area (Å²) in [5.74, 6) is -1.07. The number of allylic oxidation sites excluding steroid dienone is 24. The number of esters is 3. The van der Waals surface area contributed by atoms with Crippen LogP contribution in [0.2, 0.25) is 0 Å². The van der Waals surface area contributed by atoms with Crippen LogP contribution >= 0.6 is 0 Å². The summed E-state index contributed by atoms with van der Waals surface area (Å²) >= 11 is 0. The number of rotatable bonds is 46. The fourth-order valence-corrected chi connectivity index (χ4v) is 6.77. The number of carbonyl (C=O) groups is 3. The van der Waals surface area contributed by atoms with Crippen LogP contribution in [0.4, 0.5) is 0 Å². The molecule has 0 fully saturated rings. The molecule has 0 amide bonds. The van der Waals surface area contributed by atoms with E-state index in [1.807, 2.05) is 79.0 Å².